The lowest BCUT2D eigenvalue weighted by atomic mass is 9.83. The van der Waals surface area contributed by atoms with E-state index in [0.29, 0.717) is 57.0 Å². The number of aryl methyl sites for hydroxylation is 1. The maximum atomic E-state index is 13.6. The van der Waals surface area contributed by atoms with Crippen LogP contribution in [0.2, 0.25) is 15.5 Å². The summed E-state index contributed by atoms with van der Waals surface area (Å²) >= 11 is 17.7. The van der Waals surface area contributed by atoms with Crippen LogP contribution in [-0.4, -0.2) is 181 Å². The van der Waals surface area contributed by atoms with Crippen LogP contribution in [0.3, 0.4) is 0 Å². The molecule has 16 rings (SSSR count). The Balaban J connectivity index is 0.000000137. The van der Waals surface area contributed by atoms with E-state index >= 15 is 0 Å². The highest BCUT2D eigenvalue weighted by atomic mass is 35.5. The van der Waals surface area contributed by atoms with Gasteiger partial charge in [-0.1, -0.05) is 83.3 Å². The highest BCUT2D eigenvalue weighted by Crippen LogP contribution is 2.46. The van der Waals surface area contributed by atoms with Gasteiger partial charge in [0.1, 0.15) is 18.0 Å². The van der Waals surface area contributed by atoms with Crippen molar-refractivity contribution in [2.45, 2.75) is 176 Å². The van der Waals surface area contributed by atoms with Gasteiger partial charge in [0, 0.05) is 65.3 Å². The Morgan fingerprint density at radius 1 is 0.500 bits per heavy atom. The monoisotopic (exact) mass is 1530 g/mol. The summed E-state index contributed by atoms with van der Waals surface area (Å²) in [6, 6.07) is 26.4. The molecule has 0 saturated carbocycles. The van der Waals surface area contributed by atoms with Crippen molar-refractivity contribution in [2.24, 2.45) is 15.0 Å². The third-order valence-electron chi connectivity index (χ3n) is 21.2. The average molecular weight is 1530 g/mol. The molecular formula is C72H84Cl3N25O8. The molecule has 6 fully saturated rings. The van der Waals surface area contributed by atoms with Crippen LogP contribution in [0.5, 0.6) is 5.75 Å². The predicted octanol–water partition coefficient (Wildman–Crippen LogP) is 6.04. The van der Waals surface area contributed by atoms with Crippen molar-refractivity contribution >= 4 is 134 Å². The summed E-state index contributed by atoms with van der Waals surface area (Å²) in [5.74, 6) is -0.0907. The number of carbonyl (C=O) groups excluding carboxylic acids is 6. The highest BCUT2D eigenvalue weighted by Gasteiger charge is 2.55. The number of anilines is 6. The van der Waals surface area contributed by atoms with Crippen molar-refractivity contribution in [2.75, 3.05) is 54.0 Å². The number of ether oxygens (including phenoxy) is 2. The second-order valence-corrected chi connectivity index (χ2v) is 31.0. The van der Waals surface area contributed by atoms with Gasteiger partial charge in [-0.25, -0.2) is 34.7 Å². The number of nitrogens with two attached hydrogens (primary N) is 6. The van der Waals surface area contributed by atoms with Crippen LogP contribution < -0.4 is 71.0 Å². The maximum Gasteiger partial charge on any atom is 0.410 e. The number of nitrogen functional groups attached to an aromatic ring is 6. The number of hydrogen-bond acceptors (Lipinski definition) is 26. The highest BCUT2D eigenvalue weighted by molar-refractivity contribution is 6.32. The summed E-state index contributed by atoms with van der Waals surface area (Å²) in [6.07, 6.45) is 12.9. The zero-order valence-corrected chi connectivity index (χ0v) is 61.8. The third kappa shape index (κ3) is 15.6. The number of guanidine groups is 3. The van der Waals surface area contributed by atoms with Gasteiger partial charge in [-0.3, -0.25) is 54.9 Å². The number of H-pyrrole nitrogens is 1. The Morgan fingerprint density at radius 3 is 1.34 bits per heavy atom. The first-order valence-corrected chi connectivity index (χ1v) is 36.9. The molecule has 9 aliphatic heterocycles. The van der Waals surface area contributed by atoms with Crippen molar-refractivity contribution in [3.8, 4) is 5.75 Å². The Hall–Kier alpha value is -11.1. The van der Waals surface area contributed by atoms with Crippen LogP contribution in [-0.2, 0) is 22.6 Å². The fourth-order valence-corrected chi connectivity index (χ4v) is 17.0. The summed E-state index contributed by atoms with van der Waals surface area (Å²) in [7, 11) is 0. The van der Waals surface area contributed by atoms with E-state index in [0.717, 1.165) is 110 Å². The number of nitrogens with zero attached hydrogens (tertiary/aromatic N) is 12. The smallest absolute Gasteiger partial charge is 0.410 e. The van der Waals surface area contributed by atoms with Crippen LogP contribution in [0, 0.1) is 0 Å². The molecule has 108 heavy (non-hydrogen) atoms. The van der Waals surface area contributed by atoms with Crippen LogP contribution in [0.1, 0.15) is 157 Å². The van der Waals surface area contributed by atoms with Crippen LogP contribution in [0.4, 0.5) is 39.7 Å². The average Bonchev–Trinajstić information content (AvgIpc) is 1.59. The number of carbonyl (C=O) groups is 6. The number of amides is 6. The zero-order chi connectivity index (χ0) is 76.1. The molecule has 13 heterocycles. The molecule has 6 saturated heterocycles. The van der Waals surface area contributed by atoms with Gasteiger partial charge in [-0.2, -0.15) is 0 Å². The van der Waals surface area contributed by atoms with E-state index in [2.05, 4.69) is 91.6 Å². The minimum atomic E-state index is -0.579. The summed E-state index contributed by atoms with van der Waals surface area (Å²) in [6.45, 7) is 7.64. The molecular weight excluding hydrogens is 1450 g/mol. The number of aromatic nitrogens is 7. The predicted molar refractivity (Wildman–Crippen MR) is 408 cm³/mol. The molecule has 566 valence electrons. The largest absolute Gasteiger partial charge is 0.489 e. The van der Waals surface area contributed by atoms with Crippen molar-refractivity contribution in [1.29, 1.82) is 0 Å². The first-order valence-electron chi connectivity index (χ1n) is 35.7. The summed E-state index contributed by atoms with van der Waals surface area (Å²) in [5.41, 5.74) is 36.2. The number of piperidine rings is 3. The normalized spacial score (nSPS) is 24.6. The van der Waals surface area contributed by atoms with E-state index in [1.807, 2.05) is 111 Å². The molecule has 3 spiro atoms. The molecule has 4 aromatic heterocycles. The van der Waals surface area contributed by atoms with Gasteiger partial charge < -0.3 is 79.5 Å². The van der Waals surface area contributed by atoms with Gasteiger partial charge in [0.25, 0.3) is 23.6 Å². The van der Waals surface area contributed by atoms with E-state index in [1.165, 1.54) is 0 Å². The van der Waals surface area contributed by atoms with Gasteiger partial charge in [0.05, 0.1) is 36.3 Å². The third-order valence-corrected chi connectivity index (χ3v) is 22.0. The number of aliphatic imine (C=N–C) groups is 3. The van der Waals surface area contributed by atoms with E-state index < -0.39 is 23.3 Å². The minimum Gasteiger partial charge on any atom is -0.489 e. The Bertz CT molecular complexity index is 4760. The number of nitrogens with one attached hydrogen (secondary N) is 7. The van der Waals surface area contributed by atoms with Crippen LogP contribution in [0.25, 0.3) is 10.9 Å². The minimum absolute atomic E-state index is 0.0412. The molecule has 3 aromatic carbocycles. The molecule has 19 N–H and O–H groups in total. The van der Waals surface area contributed by atoms with Crippen LogP contribution >= 0.6 is 34.8 Å². The lowest BCUT2D eigenvalue weighted by Gasteiger charge is -2.44. The van der Waals surface area contributed by atoms with Gasteiger partial charge in [-0.15, -0.1) is 0 Å². The number of aromatic amines is 1. The lowest BCUT2D eigenvalue weighted by Crippen LogP contribution is -2.61. The van der Waals surface area contributed by atoms with Crippen molar-refractivity contribution in [3.63, 3.8) is 0 Å². The standard InChI is InChI=1S/C30H33ClN8O3.C23H24ClN9O2.C19H27ClN8O3/c31-25-27(33)36-26(32)24(35-25)28(41)37-29-34-17-30(38-29)14-20-9-10-21(15-30)39(20)23(40)13-8-18-6-11-22(12-7-18)42-16-19-4-2-1-3-5-19;24-17-19(26)30-18(25)16(29-17)20(34)31-22-28-10-23(32-22)8-11-4-5-12(9-23)33(11)21(35)14-2-1-3-15-13(14)6-7-27-15;1-18(2,3)31-17(30)28-9-4-5-10(28)7-19(6-9)8-23-16(27-19)26-15(29)11-13(21)25-14(22)12(20)24-11/h1-7,11-12,20-21H,8-10,13-17H2,(H4,32,33,36)(H2,34,37,38,41);1-3,6-7,11-12,27H,4-5,8-10H2,(H4,25,26,30)(H2,28,31,32,34);9-10H,4-8H2,1-3H3,(H4,21,22,25)(H2,23,26,27,29). The summed E-state index contributed by atoms with van der Waals surface area (Å²) < 4.78 is 11.5. The Kier molecular flexibility index (Phi) is 20.2. The molecule has 36 heteroatoms. The number of hydrogen-bond donors (Lipinski definition) is 13. The van der Waals surface area contributed by atoms with E-state index in [1.54, 1.807) is 0 Å². The van der Waals surface area contributed by atoms with E-state index in [9.17, 15) is 28.8 Å². The van der Waals surface area contributed by atoms with Gasteiger partial charge in [0.15, 0.2) is 85.3 Å². The number of rotatable bonds is 10. The van der Waals surface area contributed by atoms with Crippen molar-refractivity contribution in [1.82, 2.24) is 81.5 Å². The number of halogens is 3. The molecule has 6 atom stereocenters. The molecule has 9 aliphatic rings. The zero-order valence-electron chi connectivity index (χ0n) is 59.5. The molecule has 0 radical (unpaired) electrons. The van der Waals surface area contributed by atoms with E-state index in [4.69, 9.17) is 78.7 Å². The number of fused-ring (bicyclic) bond motifs is 7. The molecule has 33 nitrogen and oxygen atoms in total. The maximum absolute atomic E-state index is 13.6. The van der Waals surface area contributed by atoms with Crippen molar-refractivity contribution < 1.29 is 38.2 Å². The summed E-state index contributed by atoms with van der Waals surface area (Å²) in [4.78, 5) is 124. The van der Waals surface area contributed by atoms with Crippen LogP contribution in [0.15, 0.2) is 100 Å². The summed E-state index contributed by atoms with van der Waals surface area (Å²) in [5, 5.41) is 19.0. The quantitative estimate of drug-likeness (QED) is 0.0742. The molecule has 0 aliphatic carbocycles. The lowest BCUT2D eigenvalue weighted by molar-refractivity contribution is -0.136. The van der Waals surface area contributed by atoms with Crippen molar-refractivity contribution in [3.05, 3.63) is 134 Å². The second-order valence-electron chi connectivity index (χ2n) is 29.9. The number of benzene rings is 3. The molecule has 6 bridgehead atoms. The molecule has 6 amide bonds. The molecule has 7 aromatic rings. The first kappa shape index (κ1) is 73.8. The SMILES string of the molecule is CC(C)(C)OC(=O)N1C2CCC1CC1(CN=C(NC(=O)c3nc(Cl)c(N)nc3N)N1)C2.Nc1nc(N)c(C(=O)NC2=NCC3(CC4CCC(C3)N4C(=O)CCc3ccc(OCc4ccccc4)cc3)N2)nc1Cl.Nc1nc(N)c(C(=O)NC2=NCC3(CC4CCC(C3)N4C(=O)c3cccc4[nH]ccc34)N2)nc1Cl. The van der Waals surface area contributed by atoms with Gasteiger partial charge in [0.2, 0.25) is 5.91 Å². The molecule has 6 unspecified atom stereocenters. The fraction of sp³-hybridized carbons (Fsp3) is 0.431. The Morgan fingerprint density at radius 2 is 0.917 bits per heavy atom. The Labute approximate surface area is 635 Å². The van der Waals surface area contributed by atoms with Gasteiger partial charge >= 0.3 is 6.09 Å². The fourth-order valence-electron chi connectivity index (χ4n) is 16.6. The second kappa shape index (κ2) is 29.6. The topological polar surface area (TPSA) is 489 Å². The van der Waals surface area contributed by atoms with Gasteiger partial charge in [-0.05, 0) is 146 Å². The van der Waals surface area contributed by atoms with E-state index in [-0.39, 0.29) is 138 Å². The first-order chi connectivity index (χ1) is 51.6.